The first-order valence-corrected chi connectivity index (χ1v) is 14.6. The number of aliphatic hydroxyl groups excluding tert-OH is 3. The van der Waals surface area contributed by atoms with Crippen LogP contribution in [0.5, 0.6) is 0 Å². The second kappa shape index (κ2) is 11.3. The number of aliphatic hydroxyl groups is 3. The summed E-state index contributed by atoms with van der Waals surface area (Å²) in [7, 11) is -9.53. The van der Waals surface area contributed by atoms with Crippen molar-refractivity contribution in [2.24, 2.45) is 0 Å². The summed E-state index contributed by atoms with van der Waals surface area (Å²) in [5.41, 5.74) is -0.0201. The van der Waals surface area contributed by atoms with Crippen LogP contribution < -0.4 is 5.32 Å². The minimum atomic E-state index is -4.84. The summed E-state index contributed by atoms with van der Waals surface area (Å²) in [6, 6.07) is 0.204. The molecule has 1 fully saturated rings. The van der Waals surface area contributed by atoms with Crippen molar-refractivity contribution >= 4 is 43.6 Å². The number of hydrogen-bond donors (Lipinski definition) is 7. The summed E-state index contributed by atoms with van der Waals surface area (Å²) in [4.78, 5) is 35.7. The lowest BCUT2D eigenvalue weighted by atomic mass is 10.0. The van der Waals surface area contributed by atoms with Crippen molar-refractivity contribution in [1.82, 2.24) is 19.7 Å². The molecule has 0 aromatic carbocycles. The first-order valence-electron chi connectivity index (χ1n) is 10.7. The lowest BCUT2D eigenvalue weighted by Gasteiger charge is -2.25. The fourth-order valence-corrected chi connectivity index (χ4v) is 6.49. The average molecular weight is 556 g/mol. The highest BCUT2D eigenvalue weighted by atomic mass is 35.5. The fraction of sp³-hybridized carbons (Fsp3) is 0.611. The number of nitrogens with zero attached hydrogens (tertiary/aromatic N) is 4. The van der Waals surface area contributed by atoms with Crippen molar-refractivity contribution in [3.63, 3.8) is 0 Å². The van der Waals surface area contributed by atoms with Crippen molar-refractivity contribution < 1.29 is 43.7 Å². The molecule has 2 aromatic rings. The Morgan fingerprint density at radius 1 is 1.26 bits per heavy atom. The number of rotatable bonds is 11. The molecular weight excluding hydrogens is 528 g/mol. The standard InChI is InChI=1S/C18H28ClN5O9P2/c1-2-10(8-33-35(31,32)9-34(28,29)30)13(25)14(26)17(27)24-16-12(7-20-24)15(22-18(19)23-16)21-11-5-3-4-6-11/h2,7,11,13-14,17,25-27H,3-6,8-9H2,1H3,(H,31,32)(H,21,22,23)(H2,28,29,30)/b10-2-/t13-,14-,17-/m1/s1. The molecule has 1 unspecified atom stereocenters. The summed E-state index contributed by atoms with van der Waals surface area (Å²) >= 11 is 6.06. The number of aromatic nitrogens is 4. The zero-order valence-corrected chi connectivity index (χ0v) is 21.2. The lowest BCUT2D eigenvalue weighted by molar-refractivity contribution is -0.0845. The summed E-state index contributed by atoms with van der Waals surface area (Å²) in [6.45, 7) is 0.697. The summed E-state index contributed by atoms with van der Waals surface area (Å²) in [6.07, 6.45) is 1.25. The van der Waals surface area contributed by atoms with Gasteiger partial charge in [-0.3, -0.25) is 9.13 Å². The predicted molar refractivity (Wildman–Crippen MR) is 126 cm³/mol. The van der Waals surface area contributed by atoms with E-state index in [0.29, 0.717) is 11.2 Å². The maximum Gasteiger partial charge on any atom is 0.340 e. The molecule has 4 atom stereocenters. The minimum absolute atomic E-state index is 0.101. The molecule has 0 amide bonds. The number of allylic oxidation sites excluding steroid dienone is 1. The van der Waals surface area contributed by atoms with Crippen molar-refractivity contribution in [3.05, 3.63) is 23.1 Å². The monoisotopic (exact) mass is 555 g/mol. The smallest absolute Gasteiger partial charge is 0.340 e. The van der Waals surface area contributed by atoms with Crippen LogP contribution in [0.4, 0.5) is 5.82 Å². The number of anilines is 1. The van der Waals surface area contributed by atoms with Crippen LogP contribution >= 0.6 is 26.8 Å². The molecule has 2 aromatic heterocycles. The van der Waals surface area contributed by atoms with E-state index in [9.17, 15) is 29.3 Å². The SMILES string of the molecule is C/C=C(/COP(=O)(O)CP(=O)(O)O)[C@@H](O)[C@@H](O)[C@@H](O)n1ncc2c(NC3CCCC3)nc(Cl)nc21. The second-order valence-corrected chi connectivity index (χ2v) is 12.6. The predicted octanol–water partition coefficient (Wildman–Crippen LogP) is 1.33. The van der Waals surface area contributed by atoms with Crippen molar-refractivity contribution in [2.45, 2.75) is 57.1 Å². The average Bonchev–Trinajstić information content (AvgIpc) is 3.41. The summed E-state index contributed by atoms with van der Waals surface area (Å²) in [5.74, 6) is -0.985. The molecule has 0 aliphatic heterocycles. The molecular formula is C18H28ClN5O9P2. The number of nitrogens with one attached hydrogen (secondary N) is 1. The molecule has 14 nitrogen and oxygen atoms in total. The first kappa shape index (κ1) is 28.1. The molecule has 0 spiro atoms. The summed E-state index contributed by atoms with van der Waals surface area (Å²) < 4.78 is 28.5. The summed E-state index contributed by atoms with van der Waals surface area (Å²) in [5, 5.41) is 39.5. The van der Waals surface area contributed by atoms with Gasteiger partial charge in [-0.15, -0.1) is 0 Å². The second-order valence-electron chi connectivity index (χ2n) is 8.22. The fourth-order valence-electron chi connectivity index (χ4n) is 3.78. The van der Waals surface area contributed by atoms with Crippen molar-refractivity contribution in [1.29, 1.82) is 0 Å². The zero-order valence-electron chi connectivity index (χ0n) is 18.7. The minimum Gasteiger partial charge on any atom is -0.386 e. The van der Waals surface area contributed by atoms with E-state index in [1.807, 2.05) is 0 Å². The molecule has 1 aliphatic rings. The number of halogens is 1. The molecule has 17 heteroatoms. The van der Waals surface area contributed by atoms with Gasteiger partial charge in [0, 0.05) is 6.04 Å². The van der Waals surface area contributed by atoms with Gasteiger partial charge in [0.25, 0.3) is 0 Å². The third-order valence-electron chi connectivity index (χ3n) is 5.55. The maximum absolute atomic E-state index is 11.9. The van der Waals surface area contributed by atoms with Crippen LogP contribution in [0.2, 0.25) is 5.28 Å². The molecule has 3 rings (SSSR count). The molecule has 35 heavy (non-hydrogen) atoms. The zero-order chi connectivity index (χ0) is 26.0. The van der Waals surface area contributed by atoms with E-state index in [1.54, 1.807) is 0 Å². The normalized spacial score (nSPS) is 20.1. The number of hydrogen-bond acceptors (Lipinski definition) is 10. The highest BCUT2D eigenvalue weighted by Crippen LogP contribution is 2.55. The van der Waals surface area contributed by atoms with Crippen LogP contribution in [-0.2, 0) is 13.7 Å². The molecule has 1 aliphatic carbocycles. The topological polar surface area (TPSA) is 220 Å². The van der Waals surface area contributed by atoms with Gasteiger partial charge in [-0.2, -0.15) is 15.1 Å². The Bertz CT molecular complexity index is 1170. The van der Waals surface area contributed by atoms with Gasteiger partial charge in [-0.05, 0) is 36.9 Å². The third kappa shape index (κ3) is 7.30. The third-order valence-corrected chi connectivity index (χ3v) is 9.15. The quantitative estimate of drug-likeness (QED) is 0.118. The molecule has 1 saturated carbocycles. The van der Waals surface area contributed by atoms with E-state index in [0.717, 1.165) is 30.4 Å². The molecule has 0 saturated heterocycles. The van der Waals surface area contributed by atoms with Gasteiger partial charge in [0.1, 0.15) is 18.0 Å². The lowest BCUT2D eigenvalue weighted by Crippen LogP contribution is -2.37. The van der Waals surface area contributed by atoms with Crippen LogP contribution in [-0.4, -0.2) is 80.5 Å². The Morgan fingerprint density at radius 2 is 1.91 bits per heavy atom. The highest BCUT2D eigenvalue weighted by molar-refractivity contribution is 7.70. The van der Waals surface area contributed by atoms with Crippen LogP contribution in [0.1, 0.15) is 38.8 Å². The van der Waals surface area contributed by atoms with Crippen LogP contribution in [0.25, 0.3) is 11.0 Å². The molecule has 7 N–H and O–H groups in total. The van der Waals surface area contributed by atoms with Crippen LogP contribution in [0.15, 0.2) is 17.8 Å². The van der Waals surface area contributed by atoms with Gasteiger partial charge < -0.3 is 39.8 Å². The van der Waals surface area contributed by atoms with E-state index >= 15 is 0 Å². The van der Waals surface area contributed by atoms with E-state index < -0.39 is 46.1 Å². The number of fused-ring (bicyclic) bond motifs is 1. The molecule has 0 bridgehead atoms. The largest absolute Gasteiger partial charge is 0.386 e. The van der Waals surface area contributed by atoms with Gasteiger partial charge in [0.05, 0.1) is 18.2 Å². The molecule has 2 heterocycles. The van der Waals surface area contributed by atoms with Crippen molar-refractivity contribution in [3.8, 4) is 0 Å². The van der Waals surface area contributed by atoms with Gasteiger partial charge in [0.2, 0.25) is 5.28 Å². The Labute approximate surface area is 205 Å². The van der Waals surface area contributed by atoms with Gasteiger partial charge >= 0.3 is 15.2 Å². The Balaban J connectivity index is 1.77. The Hall–Kier alpha value is -1.44. The molecule has 0 radical (unpaired) electrons. The van der Waals surface area contributed by atoms with Gasteiger partial charge in [-0.25, -0.2) is 4.68 Å². The van der Waals surface area contributed by atoms with Gasteiger partial charge in [-0.1, -0.05) is 18.9 Å². The van der Waals surface area contributed by atoms with Crippen LogP contribution in [0, 0.1) is 0 Å². The van der Waals surface area contributed by atoms with E-state index in [2.05, 4.69) is 20.4 Å². The van der Waals surface area contributed by atoms with Crippen LogP contribution in [0.3, 0.4) is 0 Å². The first-order chi connectivity index (χ1) is 16.3. The maximum atomic E-state index is 11.9. The highest BCUT2D eigenvalue weighted by Gasteiger charge is 2.34. The Kier molecular flexibility index (Phi) is 9.09. The van der Waals surface area contributed by atoms with E-state index in [-0.39, 0.29) is 22.5 Å². The Morgan fingerprint density at radius 3 is 2.51 bits per heavy atom. The molecule has 196 valence electrons. The van der Waals surface area contributed by atoms with E-state index in [1.165, 1.54) is 19.2 Å². The van der Waals surface area contributed by atoms with Gasteiger partial charge in [0.15, 0.2) is 17.8 Å². The van der Waals surface area contributed by atoms with E-state index in [4.69, 9.17) is 25.9 Å². The van der Waals surface area contributed by atoms with Crippen molar-refractivity contribution in [2.75, 3.05) is 17.8 Å².